The van der Waals surface area contributed by atoms with E-state index in [-0.39, 0.29) is 5.78 Å². The highest BCUT2D eigenvalue weighted by Crippen LogP contribution is 2.12. The molecule has 0 unspecified atom stereocenters. The predicted octanol–water partition coefficient (Wildman–Crippen LogP) is 2.73. The zero-order valence-electron chi connectivity index (χ0n) is 6.75. The van der Waals surface area contributed by atoms with Crippen LogP contribution in [-0.4, -0.2) is 5.78 Å². The van der Waals surface area contributed by atoms with Crippen molar-refractivity contribution in [3.8, 4) is 12.3 Å². The molecule has 0 aliphatic rings. The van der Waals surface area contributed by atoms with Gasteiger partial charge in [-0.25, -0.2) is 0 Å². The Morgan fingerprint density at radius 2 is 2.50 bits per heavy atom. The largest absolute Gasteiger partial charge is 0.293 e. The topological polar surface area (TPSA) is 17.1 Å². The van der Waals surface area contributed by atoms with E-state index in [4.69, 9.17) is 6.42 Å². The summed E-state index contributed by atoms with van der Waals surface area (Å²) in [5, 5.41) is 1.91. The lowest BCUT2D eigenvalue weighted by molar-refractivity contribution is 0.0984. The molecule has 1 rings (SSSR count). The van der Waals surface area contributed by atoms with Crippen LogP contribution in [0.15, 0.2) is 17.5 Å². The van der Waals surface area contributed by atoms with Gasteiger partial charge < -0.3 is 0 Å². The maximum absolute atomic E-state index is 11.3. The van der Waals surface area contributed by atoms with Crippen molar-refractivity contribution in [2.45, 2.75) is 19.3 Å². The first kappa shape index (κ1) is 9.02. The number of Topliss-reactive ketones (excluding diaryl/α,β-unsaturated/α-hetero) is 1. The number of unbranched alkanes of at least 4 members (excludes halogenated alkanes) is 1. The van der Waals surface area contributed by atoms with E-state index in [1.54, 1.807) is 0 Å². The average Bonchev–Trinajstić information content (AvgIpc) is 2.56. The minimum atomic E-state index is 0.209. The van der Waals surface area contributed by atoms with Gasteiger partial charge in [-0.2, -0.15) is 0 Å². The van der Waals surface area contributed by atoms with E-state index < -0.39 is 0 Å². The Labute approximate surface area is 76.4 Å². The van der Waals surface area contributed by atoms with Gasteiger partial charge in [-0.15, -0.1) is 23.7 Å². The monoisotopic (exact) mass is 178 g/mol. The van der Waals surface area contributed by atoms with Crippen molar-refractivity contribution in [1.29, 1.82) is 0 Å². The highest BCUT2D eigenvalue weighted by molar-refractivity contribution is 7.12. The summed E-state index contributed by atoms with van der Waals surface area (Å²) in [4.78, 5) is 12.2. The van der Waals surface area contributed by atoms with Crippen LogP contribution in [0, 0.1) is 12.3 Å². The van der Waals surface area contributed by atoms with Crippen molar-refractivity contribution in [1.82, 2.24) is 0 Å². The van der Waals surface area contributed by atoms with Gasteiger partial charge in [0, 0.05) is 12.8 Å². The van der Waals surface area contributed by atoms with Gasteiger partial charge in [0.25, 0.3) is 0 Å². The van der Waals surface area contributed by atoms with Crippen LogP contribution >= 0.6 is 11.3 Å². The van der Waals surface area contributed by atoms with E-state index in [0.717, 1.165) is 11.3 Å². The Morgan fingerprint density at radius 1 is 1.67 bits per heavy atom. The first-order valence-corrected chi connectivity index (χ1v) is 4.72. The molecule has 0 spiro atoms. The average molecular weight is 178 g/mol. The predicted molar refractivity (Wildman–Crippen MR) is 51.3 cm³/mol. The molecule has 1 heterocycles. The van der Waals surface area contributed by atoms with Crippen molar-refractivity contribution in [2.75, 3.05) is 0 Å². The lowest BCUT2D eigenvalue weighted by Crippen LogP contribution is -1.94. The third-order valence-electron chi connectivity index (χ3n) is 1.52. The number of ketones is 1. The molecule has 0 radical (unpaired) electrons. The van der Waals surface area contributed by atoms with Gasteiger partial charge in [-0.05, 0) is 17.9 Å². The van der Waals surface area contributed by atoms with Gasteiger partial charge >= 0.3 is 0 Å². The second kappa shape index (κ2) is 4.74. The molecule has 0 N–H and O–H groups in total. The molecular weight excluding hydrogens is 168 g/mol. The zero-order chi connectivity index (χ0) is 8.81. The fourth-order valence-electron chi connectivity index (χ4n) is 0.911. The van der Waals surface area contributed by atoms with Crippen LogP contribution in [0.4, 0.5) is 0 Å². The second-order valence-electron chi connectivity index (χ2n) is 2.46. The van der Waals surface area contributed by atoms with Crippen molar-refractivity contribution in [3.05, 3.63) is 22.4 Å². The molecule has 1 nitrogen and oxygen atoms in total. The Hall–Kier alpha value is -1.07. The first-order chi connectivity index (χ1) is 5.84. The van der Waals surface area contributed by atoms with Crippen LogP contribution in [0.2, 0.25) is 0 Å². The number of hydrogen-bond donors (Lipinski definition) is 0. The molecule has 2 heteroatoms. The quantitative estimate of drug-likeness (QED) is 0.393. The van der Waals surface area contributed by atoms with E-state index in [2.05, 4.69) is 5.92 Å². The summed E-state index contributed by atoms with van der Waals surface area (Å²) in [5.41, 5.74) is 0. The summed E-state index contributed by atoms with van der Waals surface area (Å²) >= 11 is 1.49. The summed E-state index contributed by atoms with van der Waals surface area (Å²) in [6, 6.07) is 3.74. The number of rotatable bonds is 4. The molecule has 1 aromatic heterocycles. The van der Waals surface area contributed by atoms with E-state index in [9.17, 15) is 4.79 Å². The molecule has 0 saturated heterocycles. The van der Waals surface area contributed by atoms with Gasteiger partial charge in [-0.1, -0.05) is 6.07 Å². The summed E-state index contributed by atoms with van der Waals surface area (Å²) < 4.78 is 0. The van der Waals surface area contributed by atoms with Crippen molar-refractivity contribution in [3.63, 3.8) is 0 Å². The van der Waals surface area contributed by atoms with Crippen LogP contribution in [-0.2, 0) is 0 Å². The third kappa shape index (κ3) is 2.52. The fourth-order valence-corrected chi connectivity index (χ4v) is 1.61. The van der Waals surface area contributed by atoms with Crippen LogP contribution in [0.3, 0.4) is 0 Å². The van der Waals surface area contributed by atoms with E-state index in [1.165, 1.54) is 11.3 Å². The molecule has 0 bridgehead atoms. The summed E-state index contributed by atoms with van der Waals surface area (Å²) in [6.45, 7) is 0. The van der Waals surface area contributed by atoms with Gasteiger partial charge in [-0.3, -0.25) is 4.79 Å². The number of thiophene rings is 1. The Morgan fingerprint density at radius 3 is 3.08 bits per heavy atom. The summed E-state index contributed by atoms with van der Waals surface area (Å²) in [7, 11) is 0. The standard InChI is InChI=1S/C10H10OS/c1-2-3-4-6-9(11)10-7-5-8-12-10/h1,5,7-8H,3-4,6H2. The molecule has 0 amide bonds. The van der Waals surface area contributed by atoms with Gasteiger partial charge in [0.05, 0.1) is 4.88 Å². The Kier molecular flexibility index (Phi) is 3.56. The minimum Gasteiger partial charge on any atom is -0.293 e. The number of carbonyl (C=O) groups is 1. The van der Waals surface area contributed by atoms with Crippen molar-refractivity contribution in [2.24, 2.45) is 0 Å². The molecule has 12 heavy (non-hydrogen) atoms. The molecule has 0 aliphatic heterocycles. The van der Waals surface area contributed by atoms with Crippen LogP contribution in [0.25, 0.3) is 0 Å². The van der Waals surface area contributed by atoms with Gasteiger partial charge in [0.2, 0.25) is 0 Å². The number of terminal acetylenes is 1. The van der Waals surface area contributed by atoms with Gasteiger partial charge in [0.1, 0.15) is 0 Å². The number of carbonyl (C=O) groups excluding carboxylic acids is 1. The lowest BCUT2D eigenvalue weighted by Gasteiger charge is -1.93. The second-order valence-corrected chi connectivity index (χ2v) is 3.41. The fraction of sp³-hybridized carbons (Fsp3) is 0.300. The molecule has 62 valence electrons. The normalized spacial score (nSPS) is 9.25. The Balaban J connectivity index is 2.36. The molecule has 0 saturated carbocycles. The van der Waals surface area contributed by atoms with Crippen molar-refractivity contribution >= 4 is 17.1 Å². The first-order valence-electron chi connectivity index (χ1n) is 3.85. The molecular formula is C10H10OS. The maximum atomic E-state index is 11.3. The lowest BCUT2D eigenvalue weighted by atomic mass is 10.1. The highest BCUT2D eigenvalue weighted by atomic mass is 32.1. The van der Waals surface area contributed by atoms with Crippen molar-refractivity contribution < 1.29 is 4.79 Å². The molecule has 0 fully saturated rings. The third-order valence-corrected chi connectivity index (χ3v) is 2.43. The smallest absolute Gasteiger partial charge is 0.172 e. The maximum Gasteiger partial charge on any atom is 0.172 e. The molecule has 0 aliphatic carbocycles. The number of hydrogen-bond acceptors (Lipinski definition) is 2. The minimum absolute atomic E-state index is 0.209. The van der Waals surface area contributed by atoms with Gasteiger partial charge in [0.15, 0.2) is 5.78 Å². The van der Waals surface area contributed by atoms with E-state index in [1.807, 2.05) is 17.5 Å². The summed E-state index contributed by atoms with van der Waals surface area (Å²) in [6.07, 6.45) is 7.14. The highest BCUT2D eigenvalue weighted by Gasteiger charge is 2.04. The van der Waals surface area contributed by atoms with E-state index >= 15 is 0 Å². The molecule has 0 atom stereocenters. The van der Waals surface area contributed by atoms with Crippen LogP contribution < -0.4 is 0 Å². The van der Waals surface area contributed by atoms with Crippen LogP contribution in [0.1, 0.15) is 28.9 Å². The Bertz CT molecular complexity index is 279. The SMILES string of the molecule is C#CCCCC(=O)c1cccs1. The molecule has 0 aromatic carbocycles. The molecule has 1 aromatic rings. The van der Waals surface area contributed by atoms with Crippen LogP contribution in [0.5, 0.6) is 0 Å². The zero-order valence-corrected chi connectivity index (χ0v) is 7.56. The van der Waals surface area contributed by atoms with E-state index in [0.29, 0.717) is 12.8 Å². The summed E-state index contributed by atoms with van der Waals surface area (Å²) in [5.74, 6) is 2.73.